The predicted molar refractivity (Wildman–Crippen MR) is 73.2 cm³/mol. The lowest BCUT2D eigenvalue weighted by Crippen LogP contribution is -2.25. The summed E-state index contributed by atoms with van der Waals surface area (Å²) in [5.41, 5.74) is 7.83. The minimum Gasteiger partial charge on any atom is -0.397 e. The number of hydrogen-bond donors (Lipinski definition) is 2. The Kier molecular flexibility index (Phi) is 5.17. The van der Waals surface area contributed by atoms with E-state index in [1.165, 1.54) is 0 Å². The lowest BCUT2D eigenvalue weighted by molar-refractivity contribution is 0.289. The fourth-order valence-corrected chi connectivity index (χ4v) is 2.04. The van der Waals surface area contributed by atoms with Crippen molar-refractivity contribution in [3.8, 4) is 0 Å². The maximum absolute atomic E-state index is 8.81. The molecule has 0 amide bonds. The standard InChI is InChI=1S/C11H17IN2O/c1-2-14(6-3-7-15)11-5-4-9(12)8-10(11)13/h4-5,8,15H,2-3,6-7,13H2,1H3. The third kappa shape index (κ3) is 3.53. The molecular weight excluding hydrogens is 303 g/mol. The van der Waals surface area contributed by atoms with Crippen LogP contribution in [0.15, 0.2) is 18.2 Å². The Balaban J connectivity index is 2.81. The van der Waals surface area contributed by atoms with Crippen LogP contribution in [-0.4, -0.2) is 24.8 Å². The van der Waals surface area contributed by atoms with Crippen LogP contribution in [-0.2, 0) is 0 Å². The van der Waals surface area contributed by atoms with Gasteiger partial charge in [0.2, 0.25) is 0 Å². The number of hydrogen-bond acceptors (Lipinski definition) is 3. The summed E-state index contributed by atoms with van der Waals surface area (Å²) >= 11 is 2.25. The van der Waals surface area contributed by atoms with E-state index in [-0.39, 0.29) is 6.61 Å². The van der Waals surface area contributed by atoms with Gasteiger partial charge in [0.15, 0.2) is 0 Å². The SMILES string of the molecule is CCN(CCCO)c1ccc(I)cc1N. The highest BCUT2D eigenvalue weighted by molar-refractivity contribution is 14.1. The Labute approximate surface area is 104 Å². The summed E-state index contributed by atoms with van der Waals surface area (Å²) in [6.45, 7) is 4.07. The molecule has 1 rings (SSSR count). The summed E-state index contributed by atoms with van der Waals surface area (Å²) < 4.78 is 1.15. The zero-order valence-electron chi connectivity index (χ0n) is 8.91. The van der Waals surface area contributed by atoms with Crippen LogP contribution < -0.4 is 10.6 Å². The monoisotopic (exact) mass is 320 g/mol. The number of halogens is 1. The van der Waals surface area contributed by atoms with Crippen LogP contribution >= 0.6 is 22.6 Å². The quantitative estimate of drug-likeness (QED) is 0.645. The molecule has 0 aliphatic heterocycles. The fourth-order valence-electron chi connectivity index (χ4n) is 1.52. The Morgan fingerprint density at radius 1 is 1.47 bits per heavy atom. The molecule has 1 aromatic rings. The van der Waals surface area contributed by atoms with Gasteiger partial charge in [0, 0.05) is 23.3 Å². The molecule has 0 fully saturated rings. The van der Waals surface area contributed by atoms with Gasteiger partial charge in [0.25, 0.3) is 0 Å². The van der Waals surface area contributed by atoms with Crippen LogP contribution in [0.1, 0.15) is 13.3 Å². The van der Waals surface area contributed by atoms with Gasteiger partial charge in [-0.1, -0.05) is 0 Å². The molecular formula is C11H17IN2O. The van der Waals surface area contributed by atoms with E-state index in [0.29, 0.717) is 0 Å². The van der Waals surface area contributed by atoms with Gasteiger partial charge in [0.05, 0.1) is 11.4 Å². The Morgan fingerprint density at radius 3 is 2.73 bits per heavy atom. The van der Waals surface area contributed by atoms with Crippen LogP contribution in [0.3, 0.4) is 0 Å². The second-order valence-corrected chi connectivity index (χ2v) is 4.61. The number of nitrogens with zero attached hydrogens (tertiary/aromatic N) is 1. The first-order valence-electron chi connectivity index (χ1n) is 5.10. The molecule has 0 saturated heterocycles. The predicted octanol–water partition coefficient (Wildman–Crippen LogP) is 2.08. The third-order valence-corrected chi connectivity index (χ3v) is 2.97. The molecule has 3 nitrogen and oxygen atoms in total. The molecule has 0 radical (unpaired) electrons. The molecule has 0 unspecified atom stereocenters. The van der Waals surface area contributed by atoms with Crippen molar-refractivity contribution in [2.75, 3.05) is 30.3 Å². The van der Waals surface area contributed by atoms with Crippen molar-refractivity contribution in [3.63, 3.8) is 0 Å². The first kappa shape index (κ1) is 12.6. The molecule has 0 atom stereocenters. The van der Waals surface area contributed by atoms with Crippen molar-refractivity contribution >= 4 is 34.0 Å². The van der Waals surface area contributed by atoms with E-state index in [9.17, 15) is 0 Å². The minimum absolute atomic E-state index is 0.223. The van der Waals surface area contributed by atoms with Gasteiger partial charge in [-0.25, -0.2) is 0 Å². The zero-order valence-corrected chi connectivity index (χ0v) is 11.1. The van der Waals surface area contributed by atoms with Crippen molar-refractivity contribution < 1.29 is 5.11 Å². The molecule has 84 valence electrons. The zero-order chi connectivity index (χ0) is 11.3. The van der Waals surface area contributed by atoms with E-state index in [4.69, 9.17) is 10.8 Å². The van der Waals surface area contributed by atoms with E-state index < -0.39 is 0 Å². The fraction of sp³-hybridized carbons (Fsp3) is 0.455. The van der Waals surface area contributed by atoms with Crippen LogP contribution in [0, 0.1) is 3.57 Å². The summed E-state index contributed by atoms with van der Waals surface area (Å²) in [5.74, 6) is 0. The van der Waals surface area contributed by atoms with E-state index >= 15 is 0 Å². The molecule has 3 N–H and O–H groups in total. The van der Waals surface area contributed by atoms with Crippen LogP contribution in [0.25, 0.3) is 0 Å². The molecule has 0 spiro atoms. The Bertz CT molecular complexity index is 317. The normalized spacial score (nSPS) is 10.3. The molecule has 0 aliphatic rings. The maximum Gasteiger partial charge on any atom is 0.0600 e. The van der Waals surface area contributed by atoms with Gasteiger partial charge < -0.3 is 15.7 Å². The van der Waals surface area contributed by atoms with Gasteiger partial charge in [-0.2, -0.15) is 0 Å². The van der Waals surface area contributed by atoms with E-state index in [2.05, 4.69) is 34.4 Å². The Morgan fingerprint density at radius 2 is 2.20 bits per heavy atom. The van der Waals surface area contributed by atoms with Crippen LogP contribution in [0.4, 0.5) is 11.4 Å². The number of anilines is 2. The number of aliphatic hydroxyl groups excluding tert-OH is 1. The van der Waals surface area contributed by atoms with Gasteiger partial charge >= 0.3 is 0 Å². The first-order chi connectivity index (χ1) is 7.19. The summed E-state index contributed by atoms with van der Waals surface area (Å²) in [7, 11) is 0. The molecule has 0 heterocycles. The smallest absolute Gasteiger partial charge is 0.0600 e. The van der Waals surface area contributed by atoms with Crippen molar-refractivity contribution in [3.05, 3.63) is 21.8 Å². The summed E-state index contributed by atoms with van der Waals surface area (Å²) in [4.78, 5) is 2.18. The van der Waals surface area contributed by atoms with E-state index in [1.807, 2.05) is 18.2 Å². The van der Waals surface area contributed by atoms with Gasteiger partial charge in [-0.05, 0) is 54.1 Å². The van der Waals surface area contributed by atoms with Gasteiger partial charge in [0.1, 0.15) is 0 Å². The number of nitrogen functional groups attached to an aromatic ring is 1. The minimum atomic E-state index is 0.223. The van der Waals surface area contributed by atoms with Gasteiger partial charge in [-0.3, -0.25) is 0 Å². The largest absolute Gasteiger partial charge is 0.397 e. The van der Waals surface area contributed by atoms with E-state index in [1.54, 1.807) is 0 Å². The van der Waals surface area contributed by atoms with E-state index in [0.717, 1.165) is 34.5 Å². The maximum atomic E-state index is 8.81. The summed E-state index contributed by atoms with van der Waals surface area (Å²) in [6.07, 6.45) is 0.777. The molecule has 15 heavy (non-hydrogen) atoms. The summed E-state index contributed by atoms with van der Waals surface area (Å²) in [6, 6.07) is 6.06. The lowest BCUT2D eigenvalue weighted by Gasteiger charge is -2.24. The highest BCUT2D eigenvalue weighted by atomic mass is 127. The van der Waals surface area contributed by atoms with Crippen molar-refractivity contribution in [2.45, 2.75) is 13.3 Å². The Hall–Kier alpha value is -0.490. The lowest BCUT2D eigenvalue weighted by atomic mass is 10.2. The van der Waals surface area contributed by atoms with Crippen LogP contribution in [0.5, 0.6) is 0 Å². The second-order valence-electron chi connectivity index (χ2n) is 3.36. The highest BCUT2D eigenvalue weighted by Gasteiger charge is 2.07. The van der Waals surface area contributed by atoms with Crippen molar-refractivity contribution in [2.24, 2.45) is 0 Å². The number of nitrogens with two attached hydrogens (primary N) is 1. The average Bonchev–Trinajstić information content (AvgIpc) is 2.21. The number of benzene rings is 1. The first-order valence-corrected chi connectivity index (χ1v) is 6.17. The molecule has 4 heteroatoms. The third-order valence-electron chi connectivity index (χ3n) is 2.30. The van der Waals surface area contributed by atoms with Gasteiger partial charge in [-0.15, -0.1) is 0 Å². The average molecular weight is 320 g/mol. The highest BCUT2D eigenvalue weighted by Crippen LogP contribution is 2.25. The topological polar surface area (TPSA) is 49.5 Å². The molecule has 0 saturated carbocycles. The summed E-state index contributed by atoms with van der Waals surface area (Å²) in [5, 5.41) is 8.81. The van der Waals surface area contributed by atoms with Crippen molar-refractivity contribution in [1.29, 1.82) is 0 Å². The van der Waals surface area contributed by atoms with Crippen molar-refractivity contribution in [1.82, 2.24) is 0 Å². The molecule has 0 aromatic heterocycles. The second kappa shape index (κ2) is 6.17. The molecule has 0 aliphatic carbocycles. The number of aliphatic hydroxyl groups is 1. The van der Waals surface area contributed by atoms with Crippen LogP contribution in [0.2, 0.25) is 0 Å². The molecule has 0 bridgehead atoms. The number of rotatable bonds is 5. The molecule has 1 aromatic carbocycles.